The molecule has 0 aliphatic carbocycles. The lowest BCUT2D eigenvalue weighted by Crippen LogP contribution is -2.21. The van der Waals surface area contributed by atoms with Gasteiger partial charge in [-0.25, -0.2) is 4.68 Å². The van der Waals surface area contributed by atoms with Crippen molar-refractivity contribution in [3.8, 4) is 5.75 Å². The summed E-state index contributed by atoms with van der Waals surface area (Å²) in [6.45, 7) is 10.3. The van der Waals surface area contributed by atoms with Gasteiger partial charge in [-0.1, -0.05) is 31.5 Å². The predicted octanol–water partition coefficient (Wildman–Crippen LogP) is 4.12. The van der Waals surface area contributed by atoms with Crippen LogP contribution in [0.15, 0.2) is 24.3 Å². The van der Waals surface area contributed by atoms with Gasteiger partial charge in [0.1, 0.15) is 5.75 Å². The summed E-state index contributed by atoms with van der Waals surface area (Å²) in [5, 5.41) is 4.40. The molecule has 0 saturated carbocycles. The van der Waals surface area contributed by atoms with Crippen LogP contribution in [0, 0.1) is 26.7 Å². The molecule has 0 N–H and O–H groups in total. The maximum atomic E-state index is 12.4. The molecule has 4 heteroatoms. The number of ether oxygens (including phenoxy) is 1. The normalized spacial score (nSPS) is 11.0. The number of hydrogen-bond acceptors (Lipinski definition) is 3. The molecule has 0 radical (unpaired) electrons. The Hall–Kier alpha value is -2.10. The van der Waals surface area contributed by atoms with Gasteiger partial charge in [-0.15, -0.1) is 0 Å². The molecular weight excluding hydrogens is 288 g/mol. The molecular formula is C19H26N2O2. The molecule has 0 aliphatic rings. The number of rotatable bonds is 6. The predicted molar refractivity (Wildman–Crippen MR) is 92.2 cm³/mol. The first kappa shape index (κ1) is 17.3. The Bertz CT molecular complexity index is 669. The lowest BCUT2D eigenvalue weighted by Gasteiger charge is -2.08. The monoisotopic (exact) mass is 314 g/mol. The molecule has 1 heterocycles. The van der Waals surface area contributed by atoms with Gasteiger partial charge in [-0.05, 0) is 57.2 Å². The Morgan fingerprint density at radius 1 is 1.17 bits per heavy atom. The molecule has 2 aromatic rings. The maximum absolute atomic E-state index is 12.4. The number of carbonyl (C=O) groups is 1. The molecule has 4 nitrogen and oxygen atoms in total. The van der Waals surface area contributed by atoms with Crippen molar-refractivity contribution in [3.05, 3.63) is 46.8 Å². The summed E-state index contributed by atoms with van der Waals surface area (Å²) in [6, 6.07) is 7.68. The van der Waals surface area contributed by atoms with Crippen LogP contribution in [-0.2, 0) is 6.42 Å². The molecule has 23 heavy (non-hydrogen) atoms. The van der Waals surface area contributed by atoms with Crippen LogP contribution in [-0.4, -0.2) is 22.3 Å². The second kappa shape index (κ2) is 7.44. The Morgan fingerprint density at radius 2 is 1.83 bits per heavy atom. The summed E-state index contributed by atoms with van der Waals surface area (Å²) in [6.07, 6.45) is 2.06. The average molecular weight is 314 g/mol. The van der Waals surface area contributed by atoms with E-state index in [2.05, 4.69) is 18.9 Å². The van der Waals surface area contributed by atoms with E-state index in [1.54, 1.807) is 0 Å². The van der Waals surface area contributed by atoms with Gasteiger partial charge in [0.2, 0.25) is 0 Å². The summed E-state index contributed by atoms with van der Waals surface area (Å²) in [7, 11) is 0. The van der Waals surface area contributed by atoms with Gasteiger partial charge in [0, 0.05) is 5.69 Å². The van der Waals surface area contributed by atoms with Crippen molar-refractivity contribution >= 4 is 5.91 Å². The number of carbonyl (C=O) groups excluding carboxylic acids is 1. The van der Waals surface area contributed by atoms with Crippen molar-refractivity contribution in [1.82, 2.24) is 9.78 Å². The van der Waals surface area contributed by atoms with Crippen molar-refractivity contribution in [2.45, 2.75) is 47.5 Å². The molecule has 0 fully saturated rings. The minimum Gasteiger partial charge on any atom is -0.484 e. The molecule has 2 rings (SSSR count). The van der Waals surface area contributed by atoms with E-state index < -0.39 is 0 Å². The number of hydrogen-bond donors (Lipinski definition) is 0. The fourth-order valence-corrected chi connectivity index (χ4v) is 2.55. The van der Waals surface area contributed by atoms with E-state index in [0.717, 1.165) is 29.8 Å². The van der Waals surface area contributed by atoms with Crippen LogP contribution in [0.25, 0.3) is 0 Å². The lowest BCUT2D eigenvalue weighted by molar-refractivity contribution is 0.0818. The van der Waals surface area contributed by atoms with Crippen molar-refractivity contribution < 1.29 is 9.53 Å². The van der Waals surface area contributed by atoms with E-state index in [1.807, 2.05) is 45.0 Å². The van der Waals surface area contributed by atoms with E-state index >= 15 is 0 Å². The van der Waals surface area contributed by atoms with E-state index in [4.69, 9.17) is 4.74 Å². The smallest absolute Gasteiger partial charge is 0.284 e. The second-order valence-electron chi connectivity index (χ2n) is 6.49. The van der Waals surface area contributed by atoms with E-state index in [-0.39, 0.29) is 12.5 Å². The minimum atomic E-state index is -0.137. The minimum absolute atomic E-state index is 0.00532. The molecule has 0 aliphatic heterocycles. The number of benzene rings is 1. The maximum Gasteiger partial charge on any atom is 0.284 e. The zero-order valence-electron chi connectivity index (χ0n) is 14.7. The van der Waals surface area contributed by atoms with Gasteiger partial charge in [0.15, 0.2) is 6.61 Å². The van der Waals surface area contributed by atoms with Gasteiger partial charge in [0.05, 0.1) is 5.69 Å². The van der Waals surface area contributed by atoms with Crippen LogP contribution >= 0.6 is 0 Å². The quantitative estimate of drug-likeness (QED) is 0.805. The molecule has 124 valence electrons. The lowest BCUT2D eigenvalue weighted by atomic mass is 10.0. The highest BCUT2D eigenvalue weighted by atomic mass is 16.5. The first-order valence-corrected chi connectivity index (χ1v) is 8.16. The summed E-state index contributed by atoms with van der Waals surface area (Å²) in [5.41, 5.74) is 4.21. The summed E-state index contributed by atoms with van der Waals surface area (Å²) >= 11 is 0. The molecule has 0 spiro atoms. The van der Waals surface area contributed by atoms with Crippen molar-refractivity contribution in [2.24, 2.45) is 5.92 Å². The largest absolute Gasteiger partial charge is 0.484 e. The van der Waals surface area contributed by atoms with Gasteiger partial charge < -0.3 is 4.74 Å². The highest BCUT2D eigenvalue weighted by Gasteiger charge is 2.17. The van der Waals surface area contributed by atoms with Crippen LogP contribution in [0.1, 0.15) is 47.6 Å². The van der Waals surface area contributed by atoms with Crippen LogP contribution < -0.4 is 4.74 Å². The number of aryl methyl sites for hydroxylation is 2. The molecule has 0 unspecified atom stereocenters. The first-order valence-electron chi connectivity index (χ1n) is 8.16. The Kier molecular flexibility index (Phi) is 5.59. The van der Waals surface area contributed by atoms with Crippen molar-refractivity contribution in [2.75, 3.05) is 6.61 Å². The SMILES string of the molecule is Cc1ccc(OCC(=O)n2nc(C)c(CCC(C)C)c2C)cc1. The van der Waals surface area contributed by atoms with Crippen molar-refractivity contribution in [3.63, 3.8) is 0 Å². The van der Waals surface area contributed by atoms with E-state index in [0.29, 0.717) is 11.7 Å². The van der Waals surface area contributed by atoms with Crippen LogP contribution in [0.5, 0.6) is 5.75 Å². The topological polar surface area (TPSA) is 44.1 Å². The molecule has 1 aromatic heterocycles. The van der Waals surface area contributed by atoms with Crippen LogP contribution in [0.3, 0.4) is 0 Å². The van der Waals surface area contributed by atoms with Gasteiger partial charge in [0.25, 0.3) is 5.91 Å². The fourth-order valence-electron chi connectivity index (χ4n) is 2.55. The van der Waals surface area contributed by atoms with Crippen LogP contribution in [0.4, 0.5) is 0 Å². The summed E-state index contributed by atoms with van der Waals surface area (Å²) < 4.78 is 7.05. The average Bonchev–Trinajstić information content (AvgIpc) is 2.79. The zero-order valence-corrected chi connectivity index (χ0v) is 14.7. The summed E-state index contributed by atoms with van der Waals surface area (Å²) in [5.74, 6) is 1.20. The standard InChI is InChI=1S/C19H26N2O2/c1-13(2)6-11-18-15(4)20-21(16(18)5)19(22)12-23-17-9-7-14(3)8-10-17/h7-10,13H,6,11-12H2,1-5H3. The Balaban J connectivity index is 2.04. The fraction of sp³-hybridized carbons (Fsp3) is 0.474. The zero-order chi connectivity index (χ0) is 17.0. The third-order valence-electron chi connectivity index (χ3n) is 4.03. The molecule has 0 amide bonds. The molecule has 0 atom stereocenters. The second-order valence-corrected chi connectivity index (χ2v) is 6.49. The van der Waals surface area contributed by atoms with Crippen molar-refractivity contribution in [1.29, 1.82) is 0 Å². The number of aromatic nitrogens is 2. The molecule has 0 saturated heterocycles. The Labute approximate surface area is 138 Å². The van der Waals surface area contributed by atoms with Gasteiger partial charge in [-0.3, -0.25) is 4.79 Å². The first-order chi connectivity index (χ1) is 10.9. The Morgan fingerprint density at radius 3 is 2.43 bits per heavy atom. The molecule has 1 aromatic carbocycles. The highest BCUT2D eigenvalue weighted by molar-refractivity contribution is 5.80. The van der Waals surface area contributed by atoms with Crippen LogP contribution in [0.2, 0.25) is 0 Å². The number of nitrogens with zero attached hydrogens (tertiary/aromatic N) is 2. The third-order valence-corrected chi connectivity index (χ3v) is 4.03. The molecule has 0 bridgehead atoms. The van der Waals surface area contributed by atoms with Gasteiger partial charge >= 0.3 is 0 Å². The van der Waals surface area contributed by atoms with Gasteiger partial charge in [-0.2, -0.15) is 5.10 Å². The third kappa shape index (κ3) is 4.44. The highest BCUT2D eigenvalue weighted by Crippen LogP contribution is 2.18. The summed E-state index contributed by atoms with van der Waals surface area (Å²) in [4.78, 5) is 12.4. The van der Waals surface area contributed by atoms with E-state index in [9.17, 15) is 4.79 Å². The van der Waals surface area contributed by atoms with E-state index in [1.165, 1.54) is 10.2 Å².